The second kappa shape index (κ2) is 10.2. The molecule has 5 nitrogen and oxygen atoms in total. The minimum Gasteiger partial charge on any atom is -0.494 e. The average Bonchev–Trinajstić information content (AvgIpc) is 3.23. The van der Waals surface area contributed by atoms with Gasteiger partial charge < -0.3 is 14.8 Å². The number of aromatic amines is 1. The third-order valence-electron chi connectivity index (χ3n) is 6.91. The highest BCUT2D eigenvalue weighted by atomic mass is 16.5. The molecule has 0 amide bonds. The van der Waals surface area contributed by atoms with Gasteiger partial charge in [0, 0.05) is 16.5 Å². The van der Waals surface area contributed by atoms with Gasteiger partial charge in [0.15, 0.2) is 5.88 Å². The Balaban J connectivity index is 1.53. The summed E-state index contributed by atoms with van der Waals surface area (Å²) in [4.78, 5) is 20.0. The molecule has 5 rings (SSSR count). The molecule has 5 heteroatoms. The Morgan fingerprint density at radius 3 is 2.43 bits per heavy atom. The molecule has 0 saturated heterocycles. The molecule has 0 aliphatic heterocycles. The first-order chi connectivity index (χ1) is 17.1. The van der Waals surface area contributed by atoms with Crippen LogP contribution in [0.2, 0.25) is 0 Å². The van der Waals surface area contributed by atoms with E-state index in [2.05, 4.69) is 29.2 Å². The fraction of sp³-hybridized carbons (Fsp3) is 0.267. The number of hydrogen-bond donors (Lipinski definition) is 2. The van der Waals surface area contributed by atoms with E-state index in [1.54, 1.807) is 12.1 Å². The molecule has 1 aliphatic rings. The number of esters is 1. The molecule has 4 aromatic rings. The molecule has 1 saturated carbocycles. The van der Waals surface area contributed by atoms with Gasteiger partial charge in [-0.05, 0) is 42.2 Å². The Morgan fingerprint density at radius 1 is 0.971 bits per heavy atom. The van der Waals surface area contributed by atoms with E-state index in [0.717, 1.165) is 29.0 Å². The fourth-order valence-electron chi connectivity index (χ4n) is 5.09. The van der Waals surface area contributed by atoms with Crippen molar-refractivity contribution in [2.24, 2.45) is 10.9 Å². The second-order valence-electron chi connectivity index (χ2n) is 9.30. The molecular weight excluding hydrogens is 436 g/mol. The standard InChI is InChI=1S/C30H30N2O3/c1-35-30(34)23-14-17-25-26(19-23)32-29(33)27(25)28(22-10-6-3-7-11-22)31-24-15-12-21(13-16-24)18-20-8-4-2-5-9-20/h3,6-7,10-17,19-20,32-33H,2,4-5,8-9,18H2,1H3. The molecule has 0 radical (unpaired) electrons. The zero-order valence-corrected chi connectivity index (χ0v) is 20.0. The fourth-order valence-corrected chi connectivity index (χ4v) is 5.09. The maximum Gasteiger partial charge on any atom is 0.337 e. The quantitative estimate of drug-likeness (QED) is 0.238. The number of aromatic nitrogens is 1. The number of aliphatic imine (C=N–C) groups is 1. The Bertz CT molecular complexity index is 1350. The lowest BCUT2D eigenvalue weighted by Gasteiger charge is -2.21. The Labute approximate surface area is 205 Å². The molecule has 0 atom stereocenters. The van der Waals surface area contributed by atoms with E-state index in [4.69, 9.17) is 9.73 Å². The average molecular weight is 467 g/mol. The van der Waals surface area contributed by atoms with Crippen molar-refractivity contribution in [2.75, 3.05) is 7.11 Å². The van der Waals surface area contributed by atoms with Crippen LogP contribution in [0.3, 0.4) is 0 Å². The van der Waals surface area contributed by atoms with Crippen LogP contribution in [0.4, 0.5) is 5.69 Å². The van der Waals surface area contributed by atoms with Crippen LogP contribution in [0.5, 0.6) is 5.88 Å². The zero-order valence-electron chi connectivity index (χ0n) is 20.0. The van der Waals surface area contributed by atoms with E-state index in [0.29, 0.717) is 22.4 Å². The van der Waals surface area contributed by atoms with Crippen LogP contribution in [0.1, 0.15) is 59.2 Å². The number of nitrogens with zero attached hydrogens (tertiary/aromatic N) is 1. The van der Waals surface area contributed by atoms with Crippen molar-refractivity contribution in [1.82, 2.24) is 4.98 Å². The summed E-state index contributed by atoms with van der Waals surface area (Å²) in [5.41, 5.74) is 5.41. The Kier molecular flexibility index (Phi) is 6.66. The number of fused-ring (bicyclic) bond motifs is 1. The van der Waals surface area contributed by atoms with E-state index in [9.17, 15) is 9.90 Å². The van der Waals surface area contributed by atoms with Crippen LogP contribution in [-0.2, 0) is 11.2 Å². The van der Waals surface area contributed by atoms with Crippen molar-refractivity contribution in [1.29, 1.82) is 0 Å². The van der Waals surface area contributed by atoms with Crippen LogP contribution in [0.15, 0.2) is 77.8 Å². The van der Waals surface area contributed by atoms with E-state index < -0.39 is 5.97 Å². The number of ether oxygens (including phenoxy) is 1. The maximum absolute atomic E-state index is 12.0. The SMILES string of the molecule is COC(=O)c1ccc2c(C(=Nc3ccc(CC4CCCCC4)cc3)c3ccccc3)c(O)[nH]c2c1. The molecule has 1 aliphatic carbocycles. The summed E-state index contributed by atoms with van der Waals surface area (Å²) in [7, 11) is 1.35. The summed E-state index contributed by atoms with van der Waals surface area (Å²) >= 11 is 0. The first-order valence-corrected chi connectivity index (χ1v) is 12.3. The van der Waals surface area contributed by atoms with Crippen molar-refractivity contribution in [3.05, 3.63) is 95.1 Å². The Hall–Kier alpha value is -3.86. The van der Waals surface area contributed by atoms with Crippen molar-refractivity contribution >= 4 is 28.3 Å². The summed E-state index contributed by atoms with van der Waals surface area (Å²) < 4.78 is 4.84. The van der Waals surface area contributed by atoms with Gasteiger partial charge >= 0.3 is 5.97 Å². The molecule has 3 aromatic carbocycles. The normalized spacial score (nSPS) is 14.8. The molecule has 35 heavy (non-hydrogen) atoms. The molecule has 1 fully saturated rings. The topological polar surface area (TPSA) is 74.7 Å². The monoisotopic (exact) mass is 466 g/mol. The minimum absolute atomic E-state index is 0.0125. The van der Waals surface area contributed by atoms with Gasteiger partial charge in [0.1, 0.15) is 0 Å². The van der Waals surface area contributed by atoms with Crippen molar-refractivity contribution < 1.29 is 14.6 Å². The predicted octanol–water partition coefficient (Wildman–Crippen LogP) is 6.95. The molecule has 178 valence electrons. The van der Waals surface area contributed by atoms with Gasteiger partial charge in [-0.2, -0.15) is 0 Å². The highest BCUT2D eigenvalue weighted by Gasteiger charge is 2.20. The first-order valence-electron chi connectivity index (χ1n) is 12.3. The van der Waals surface area contributed by atoms with Gasteiger partial charge in [0.2, 0.25) is 0 Å². The van der Waals surface area contributed by atoms with Crippen molar-refractivity contribution in [3.8, 4) is 5.88 Å². The number of carbonyl (C=O) groups is 1. The number of rotatable bonds is 6. The molecular formula is C30H30N2O3. The predicted molar refractivity (Wildman–Crippen MR) is 140 cm³/mol. The first kappa shape index (κ1) is 22.9. The number of nitrogens with one attached hydrogen (secondary N) is 1. The summed E-state index contributed by atoms with van der Waals surface area (Å²) in [5, 5.41) is 11.7. The molecule has 1 heterocycles. The largest absolute Gasteiger partial charge is 0.494 e. The van der Waals surface area contributed by atoms with Crippen LogP contribution < -0.4 is 0 Å². The van der Waals surface area contributed by atoms with E-state index >= 15 is 0 Å². The van der Waals surface area contributed by atoms with Crippen LogP contribution >= 0.6 is 0 Å². The third kappa shape index (κ3) is 4.99. The number of methoxy groups -OCH3 is 1. The van der Waals surface area contributed by atoms with Crippen LogP contribution in [-0.4, -0.2) is 28.9 Å². The lowest BCUT2D eigenvalue weighted by atomic mass is 9.85. The second-order valence-corrected chi connectivity index (χ2v) is 9.30. The highest BCUT2D eigenvalue weighted by Crippen LogP contribution is 2.33. The molecule has 0 bridgehead atoms. The summed E-state index contributed by atoms with van der Waals surface area (Å²) in [5.74, 6) is 0.377. The van der Waals surface area contributed by atoms with E-state index in [1.165, 1.54) is 44.8 Å². The lowest BCUT2D eigenvalue weighted by Crippen LogP contribution is -2.09. The summed E-state index contributed by atoms with van der Waals surface area (Å²) in [6.45, 7) is 0. The number of benzene rings is 3. The highest BCUT2D eigenvalue weighted by molar-refractivity contribution is 6.22. The zero-order chi connectivity index (χ0) is 24.2. The molecule has 0 unspecified atom stereocenters. The molecule has 0 spiro atoms. The van der Waals surface area contributed by atoms with Gasteiger partial charge in [0.25, 0.3) is 0 Å². The number of aromatic hydroxyl groups is 1. The van der Waals surface area contributed by atoms with Gasteiger partial charge in [-0.1, -0.05) is 80.6 Å². The number of H-pyrrole nitrogens is 1. The number of carbonyl (C=O) groups excluding carboxylic acids is 1. The van der Waals surface area contributed by atoms with E-state index in [1.807, 2.05) is 36.4 Å². The van der Waals surface area contributed by atoms with Gasteiger partial charge in [-0.15, -0.1) is 0 Å². The summed E-state index contributed by atoms with van der Waals surface area (Å²) in [6, 6.07) is 23.5. The minimum atomic E-state index is -0.423. The van der Waals surface area contributed by atoms with Crippen LogP contribution in [0.25, 0.3) is 10.9 Å². The maximum atomic E-state index is 12.0. The van der Waals surface area contributed by atoms with Gasteiger partial charge in [-0.25, -0.2) is 9.79 Å². The van der Waals surface area contributed by atoms with Crippen molar-refractivity contribution in [2.45, 2.75) is 38.5 Å². The summed E-state index contributed by atoms with van der Waals surface area (Å²) in [6.07, 6.45) is 7.86. The molecule has 1 aromatic heterocycles. The Morgan fingerprint density at radius 2 is 1.71 bits per heavy atom. The van der Waals surface area contributed by atoms with Gasteiger partial charge in [-0.3, -0.25) is 0 Å². The number of hydrogen-bond acceptors (Lipinski definition) is 4. The van der Waals surface area contributed by atoms with Gasteiger partial charge in [0.05, 0.1) is 29.6 Å². The lowest BCUT2D eigenvalue weighted by molar-refractivity contribution is 0.0601. The van der Waals surface area contributed by atoms with Crippen LogP contribution in [0, 0.1) is 5.92 Å². The van der Waals surface area contributed by atoms with Crippen molar-refractivity contribution in [3.63, 3.8) is 0 Å². The van der Waals surface area contributed by atoms with E-state index in [-0.39, 0.29) is 5.88 Å². The smallest absolute Gasteiger partial charge is 0.337 e. The molecule has 2 N–H and O–H groups in total. The third-order valence-corrected chi connectivity index (χ3v) is 6.91.